The minimum Gasteiger partial charge on any atom is -0.395 e. The Morgan fingerprint density at radius 2 is 2.53 bits per heavy atom. The van der Waals surface area contributed by atoms with Gasteiger partial charge in [0.2, 0.25) is 0 Å². The summed E-state index contributed by atoms with van der Waals surface area (Å²) in [6.45, 7) is 0.231. The van der Waals surface area contributed by atoms with E-state index in [4.69, 9.17) is 5.11 Å². The number of aromatic amines is 1. The van der Waals surface area contributed by atoms with Crippen molar-refractivity contribution in [1.29, 1.82) is 0 Å². The van der Waals surface area contributed by atoms with Crippen molar-refractivity contribution < 1.29 is 5.11 Å². The predicted molar refractivity (Wildman–Crippen MR) is 61.0 cm³/mol. The highest BCUT2D eigenvalue weighted by molar-refractivity contribution is 7.99. The zero-order valence-electron chi connectivity index (χ0n) is 8.65. The second-order valence-electron chi connectivity index (χ2n) is 3.85. The number of rotatable bonds is 7. The molecule has 0 amide bonds. The maximum absolute atomic E-state index is 9.16. The standard InChI is InChI=1S/C10H17N3OS/c14-7-9(13-8-1-2-8)3-6-15-10-11-4-5-12-10/h4-5,8-9,13-14H,1-3,6-7H2,(H,11,12). The third kappa shape index (κ3) is 3.85. The molecule has 0 radical (unpaired) electrons. The van der Waals surface area contributed by atoms with Crippen molar-refractivity contribution >= 4 is 11.8 Å². The summed E-state index contributed by atoms with van der Waals surface area (Å²) in [4.78, 5) is 7.19. The summed E-state index contributed by atoms with van der Waals surface area (Å²) in [5, 5.41) is 13.5. The van der Waals surface area contributed by atoms with Crippen LogP contribution < -0.4 is 5.32 Å². The van der Waals surface area contributed by atoms with Gasteiger partial charge in [0.25, 0.3) is 0 Å². The molecule has 1 unspecified atom stereocenters. The summed E-state index contributed by atoms with van der Waals surface area (Å²) in [6, 6.07) is 0.913. The monoisotopic (exact) mass is 227 g/mol. The van der Waals surface area contributed by atoms with Gasteiger partial charge in [0.15, 0.2) is 5.16 Å². The third-order valence-electron chi connectivity index (χ3n) is 2.45. The van der Waals surface area contributed by atoms with E-state index in [2.05, 4.69) is 15.3 Å². The second kappa shape index (κ2) is 5.53. The van der Waals surface area contributed by atoms with Crippen molar-refractivity contribution in [2.75, 3.05) is 12.4 Å². The number of hydrogen-bond acceptors (Lipinski definition) is 4. The van der Waals surface area contributed by atoms with Crippen LogP contribution in [0.2, 0.25) is 0 Å². The zero-order valence-corrected chi connectivity index (χ0v) is 9.46. The van der Waals surface area contributed by atoms with E-state index in [0.717, 1.165) is 17.3 Å². The Bertz CT molecular complexity index is 274. The highest BCUT2D eigenvalue weighted by Gasteiger charge is 2.23. The number of nitrogens with one attached hydrogen (secondary N) is 2. The summed E-state index contributed by atoms with van der Waals surface area (Å²) in [6.07, 6.45) is 7.10. The molecule has 2 rings (SSSR count). The number of aliphatic hydroxyl groups excluding tert-OH is 1. The quantitative estimate of drug-likeness (QED) is 0.608. The van der Waals surface area contributed by atoms with Gasteiger partial charge >= 0.3 is 0 Å². The molecule has 1 atom stereocenters. The van der Waals surface area contributed by atoms with Gasteiger partial charge in [-0.15, -0.1) is 0 Å². The van der Waals surface area contributed by atoms with Crippen LogP contribution in [0.3, 0.4) is 0 Å². The lowest BCUT2D eigenvalue weighted by atomic mass is 10.2. The number of aliphatic hydroxyl groups is 1. The van der Waals surface area contributed by atoms with Crippen molar-refractivity contribution in [1.82, 2.24) is 15.3 Å². The van der Waals surface area contributed by atoms with Crippen molar-refractivity contribution in [3.63, 3.8) is 0 Å². The summed E-state index contributed by atoms with van der Waals surface area (Å²) >= 11 is 1.70. The lowest BCUT2D eigenvalue weighted by Gasteiger charge is -2.14. The molecule has 1 aliphatic rings. The van der Waals surface area contributed by atoms with Crippen LogP contribution in [0.15, 0.2) is 17.6 Å². The molecule has 0 saturated heterocycles. The first kappa shape index (κ1) is 11.0. The molecule has 0 spiro atoms. The van der Waals surface area contributed by atoms with E-state index in [0.29, 0.717) is 6.04 Å². The molecule has 0 bridgehead atoms. The summed E-state index contributed by atoms with van der Waals surface area (Å²) in [7, 11) is 0. The van der Waals surface area contributed by atoms with Gasteiger partial charge < -0.3 is 15.4 Å². The molecule has 1 heterocycles. The highest BCUT2D eigenvalue weighted by atomic mass is 32.2. The third-order valence-corrected chi connectivity index (χ3v) is 3.38. The average molecular weight is 227 g/mol. The van der Waals surface area contributed by atoms with E-state index in [1.54, 1.807) is 18.0 Å². The van der Waals surface area contributed by atoms with Crippen molar-refractivity contribution in [3.8, 4) is 0 Å². The number of hydrogen-bond donors (Lipinski definition) is 3. The molecule has 1 aromatic heterocycles. The SMILES string of the molecule is OCC(CCSc1ncc[nH]1)NC1CC1. The van der Waals surface area contributed by atoms with Crippen LogP contribution in [0.5, 0.6) is 0 Å². The smallest absolute Gasteiger partial charge is 0.165 e. The van der Waals surface area contributed by atoms with Crippen LogP contribution in [-0.2, 0) is 0 Å². The molecule has 84 valence electrons. The zero-order chi connectivity index (χ0) is 10.5. The maximum Gasteiger partial charge on any atom is 0.165 e. The molecule has 1 aromatic rings. The van der Waals surface area contributed by atoms with Crippen molar-refractivity contribution in [2.45, 2.75) is 36.5 Å². The topological polar surface area (TPSA) is 60.9 Å². The van der Waals surface area contributed by atoms with E-state index in [1.807, 2.05) is 6.20 Å². The van der Waals surface area contributed by atoms with Gasteiger partial charge in [-0.2, -0.15) is 0 Å². The Hall–Kier alpha value is -0.520. The van der Waals surface area contributed by atoms with Crippen LogP contribution >= 0.6 is 11.8 Å². The summed E-state index contributed by atoms with van der Waals surface area (Å²) < 4.78 is 0. The van der Waals surface area contributed by atoms with Gasteiger partial charge in [-0.3, -0.25) is 0 Å². The Morgan fingerprint density at radius 3 is 3.13 bits per heavy atom. The first-order chi connectivity index (χ1) is 7.38. The molecule has 1 fully saturated rings. The lowest BCUT2D eigenvalue weighted by molar-refractivity contribution is 0.238. The average Bonchev–Trinajstić information content (AvgIpc) is 2.91. The van der Waals surface area contributed by atoms with E-state index in [9.17, 15) is 0 Å². The fraction of sp³-hybridized carbons (Fsp3) is 0.700. The van der Waals surface area contributed by atoms with Gasteiger partial charge in [-0.25, -0.2) is 4.98 Å². The van der Waals surface area contributed by atoms with Crippen LogP contribution in [0.4, 0.5) is 0 Å². The van der Waals surface area contributed by atoms with Gasteiger partial charge in [0, 0.05) is 30.2 Å². The van der Waals surface area contributed by atoms with Gasteiger partial charge in [-0.05, 0) is 19.3 Å². The predicted octanol–water partition coefficient (Wildman–Crippen LogP) is 1.00. The molecule has 1 aliphatic carbocycles. The molecule has 4 nitrogen and oxygen atoms in total. The van der Waals surface area contributed by atoms with Gasteiger partial charge in [0.1, 0.15) is 0 Å². The summed E-state index contributed by atoms with van der Waals surface area (Å²) in [5.41, 5.74) is 0. The number of imidazole rings is 1. The normalized spacial score (nSPS) is 17.9. The molecule has 3 N–H and O–H groups in total. The highest BCUT2D eigenvalue weighted by Crippen LogP contribution is 2.21. The second-order valence-corrected chi connectivity index (χ2v) is 4.94. The number of thioether (sulfide) groups is 1. The maximum atomic E-state index is 9.16. The molecule has 5 heteroatoms. The van der Waals surface area contributed by atoms with Gasteiger partial charge in [-0.1, -0.05) is 11.8 Å². The Morgan fingerprint density at radius 1 is 1.67 bits per heavy atom. The minimum absolute atomic E-state index is 0.231. The number of nitrogens with zero attached hydrogens (tertiary/aromatic N) is 1. The molecular weight excluding hydrogens is 210 g/mol. The molecule has 0 aromatic carbocycles. The number of H-pyrrole nitrogens is 1. The molecule has 15 heavy (non-hydrogen) atoms. The minimum atomic E-state index is 0.231. The van der Waals surface area contributed by atoms with Crippen LogP contribution in [0.25, 0.3) is 0 Å². The molecule has 1 saturated carbocycles. The van der Waals surface area contributed by atoms with E-state index in [1.165, 1.54) is 12.8 Å². The first-order valence-corrected chi connectivity index (χ1v) is 6.36. The fourth-order valence-corrected chi connectivity index (χ4v) is 2.32. The Kier molecular flexibility index (Phi) is 4.05. The molecule has 0 aliphatic heterocycles. The molecular formula is C10H17N3OS. The van der Waals surface area contributed by atoms with Crippen LogP contribution in [0.1, 0.15) is 19.3 Å². The van der Waals surface area contributed by atoms with Crippen molar-refractivity contribution in [3.05, 3.63) is 12.4 Å². The van der Waals surface area contributed by atoms with E-state index < -0.39 is 0 Å². The van der Waals surface area contributed by atoms with Crippen LogP contribution in [0, 0.1) is 0 Å². The van der Waals surface area contributed by atoms with Crippen LogP contribution in [-0.4, -0.2) is 39.5 Å². The number of aromatic nitrogens is 2. The lowest BCUT2D eigenvalue weighted by Crippen LogP contribution is -2.34. The first-order valence-electron chi connectivity index (χ1n) is 5.37. The summed E-state index contributed by atoms with van der Waals surface area (Å²) in [5.74, 6) is 0.985. The fourth-order valence-electron chi connectivity index (χ4n) is 1.44. The van der Waals surface area contributed by atoms with Gasteiger partial charge in [0.05, 0.1) is 6.61 Å². The Balaban J connectivity index is 1.62. The van der Waals surface area contributed by atoms with Crippen molar-refractivity contribution in [2.24, 2.45) is 0 Å². The Labute approximate surface area is 93.9 Å². The largest absolute Gasteiger partial charge is 0.395 e. The van der Waals surface area contributed by atoms with E-state index in [-0.39, 0.29) is 12.6 Å². The van der Waals surface area contributed by atoms with E-state index >= 15 is 0 Å².